The van der Waals surface area contributed by atoms with Gasteiger partial charge in [0.2, 0.25) is 0 Å². The SMILES string of the molecule is C[C@H]1c2ccsc2CCN1Cn1ncn(C)c1=S. The van der Waals surface area contributed by atoms with Crippen LogP contribution in [0.25, 0.3) is 0 Å². The molecule has 0 saturated carbocycles. The van der Waals surface area contributed by atoms with Crippen molar-refractivity contribution in [3.05, 3.63) is 33.0 Å². The normalized spacial score (nSPS) is 20.0. The number of rotatable bonds is 2. The van der Waals surface area contributed by atoms with Crippen molar-refractivity contribution in [3.63, 3.8) is 0 Å². The highest BCUT2D eigenvalue weighted by molar-refractivity contribution is 7.71. The van der Waals surface area contributed by atoms with Gasteiger partial charge in [0.25, 0.3) is 0 Å². The first-order valence-corrected chi connectivity index (χ1v) is 7.34. The molecule has 0 spiro atoms. The van der Waals surface area contributed by atoms with Crippen molar-refractivity contribution in [2.75, 3.05) is 6.54 Å². The van der Waals surface area contributed by atoms with E-state index in [-0.39, 0.29) is 0 Å². The van der Waals surface area contributed by atoms with E-state index in [9.17, 15) is 0 Å². The van der Waals surface area contributed by atoms with Crippen LogP contribution in [0, 0.1) is 4.77 Å². The van der Waals surface area contributed by atoms with Crippen LogP contribution in [0.1, 0.15) is 23.4 Å². The van der Waals surface area contributed by atoms with Crippen molar-refractivity contribution in [1.82, 2.24) is 19.2 Å². The summed E-state index contributed by atoms with van der Waals surface area (Å²) in [6, 6.07) is 2.69. The molecule has 6 heteroatoms. The van der Waals surface area contributed by atoms with Gasteiger partial charge in [0.15, 0.2) is 4.77 Å². The van der Waals surface area contributed by atoms with Crippen molar-refractivity contribution < 1.29 is 0 Å². The van der Waals surface area contributed by atoms with E-state index in [2.05, 4.69) is 28.4 Å². The van der Waals surface area contributed by atoms with Crippen molar-refractivity contribution in [3.8, 4) is 0 Å². The molecule has 0 aromatic carbocycles. The molecule has 0 N–H and O–H groups in total. The minimum Gasteiger partial charge on any atom is -0.310 e. The Morgan fingerprint density at radius 2 is 2.39 bits per heavy atom. The van der Waals surface area contributed by atoms with Crippen LogP contribution < -0.4 is 0 Å². The predicted molar refractivity (Wildman–Crippen MR) is 75.2 cm³/mol. The van der Waals surface area contributed by atoms with Gasteiger partial charge in [0.1, 0.15) is 6.33 Å². The summed E-state index contributed by atoms with van der Waals surface area (Å²) in [7, 11) is 1.93. The topological polar surface area (TPSA) is 26.0 Å². The van der Waals surface area contributed by atoms with Gasteiger partial charge >= 0.3 is 0 Å². The van der Waals surface area contributed by atoms with Gasteiger partial charge in [0.05, 0.1) is 6.67 Å². The lowest BCUT2D eigenvalue weighted by molar-refractivity contribution is 0.144. The van der Waals surface area contributed by atoms with Gasteiger partial charge in [-0.2, -0.15) is 5.10 Å². The van der Waals surface area contributed by atoms with Crippen LogP contribution in [0.15, 0.2) is 17.8 Å². The summed E-state index contributed by atoms with van der Waals surface area (Å²) in [6.07, 6.45) is 2.91. The van der Waals surface area contributed by atoms with Gasteiger partial charge in [-0.1, -0.05) is 0 Å². The van der Waals surface area contributed by atoms with Crippen LogP contribution in [0.4, 0.5) is 0 Å². The molecule has 1 aliphatic rings. The van der Waals surface area contributed by atoms with Gasteiger partial charge in [-0.05, 0) is 42.6 Å². The monoisotopic (exact) mass is 280 g/mol. The Bertz CT molecular complexity index is 610. The lowest BCUT2D eigenvalue weighted by atomic mass is 10.0. The van der Waals surface area contributed by atoms with Crippen molar-refractivity contribution >= 4 is 23.6 Å². The van der Waals surface area contributed by atoms with Crippen LogP contribution in [0.3, 0.4) is 0 Å². The number of aryl methyl sites for hydroxylation is 1. The summed E-state index contributed by atoms with van der Waals surface area (Å²) < 4.78 is 4.54. The number of nitrogens with zero attached hydrogens (tertiary/aromatic N) is 4. The fraction of sp³-hybridized carbons (Fsp3) is 0.500. The number of hydrogen-bond donors (Lipinski definition) is 0. The highest BCUT2D eigenvalue weighted by Crippen LogP contribution is 2.32. The third kappa shape index (κ3) is 1.94. The first kappa shape index (κ1) is 12.1. The molecule has 3 heterocycles. The lowest BCUT2D eigenvalue weighted by Gasteiger charge is -2.33. The van der Waals surface area contributed by atoms with E-state index in [1.807, 2.05) is 27.6 Å². The van der Waals surface area contributed by atoms with E-state index in [1.165, 1.54) is 10.4 Å². The molecule has 3 rings (SSSR count). The summed E-state index contributed by atoms with van der Waals surface area (Å²) in [6.45, 7) is 4.11. The summed E-state index contributed by atoms with van der Waals surface area (Å²) in [5, 5.41) is 6.52. The molecule has 2 aromatic rings. The number of aromatic nitrogens is 3. The van der Waals surface area contributed by atoms with Gasteiger partial charge < -0.3 is 4.57 Å². The molecule has 4 nitrogen and oxygen atoms in total. The molecule has 0 bridgehead atoms. The van der Waals surface area contributed by atoms with E-state index in [0.29, 0.717) is 6.04 Å². The van der Waals surface area contributed by atoms with Gasteiger partial charge in [-0.3, -0.25) is 4.90 Å². The minimum atomic E-state index is 0.448. The summed E-state index contributed by atoms with van der Waals surface area (Å²) in [5.41, 5.74) is 1.47. The van der Waals surface area contributed by atoms with Gasteiger partial charge in [0, 0.05) is 24.5 Å². The highest BCUT2D eigenvalue weighted by atomic mass is 32.1. The zero-order chi connectivity index (χ0) is 12.7. The van der Waals surface area contributed by atoms with E-state index >= 15 is 0 Å². The Kier molecular flexibility index (Phi) is 3.09. The molecular weight excluding hydrogens is 264 g/mol. The molecule has 0 fully saturated rings. The zero-order valence-corrected chi connectivity index (χ0v) is 12.2. The maximum absolute atomic E-state index is 5.33. The molecule has 96 valence electrons. The highest BCUT2D eigenvalue weighted by Gasteiger charge is 2.25. The van der Waals surface area contributed by atoms with Gasteiger partial charge in [-0.25, -0.2) is 4.68 Å². The summed E-state index contributed by atoms with van der Waals surface area (Å²) in [5.74, 6) is 0. The first-order valence-electron chi connectivity index (χ1n) is 6.05. The molecule has 0 radical (unpaired) electrons. The summed E-state index contributed by atoms with van der Waals surface area (Å²) in [4.78, 5) is 3.96. The molecule has 0 amide bonds. The Morgan fingerprint density at radius 1 is 1.56 bits per heavy atom. The zero-order valence-electron chi connectivity index (χ0n) is 10.5. The molecule has 0 saturated heterocycles. The molecule has 1 atom stereocenters. The summed E-state index contributed by atoms with van der Waals surface area (Å²) >= 11 is 7.20. The second kappa shape index (κ2) is 4.60. The third-order valence-corrected chi connectivity index (χ3v) is 5.10. The molecule has 0 aliphatic carbocycles. The second-order valence-electron chi connectivity index (χ2n) is 4.70. The maximum atomic E-state index is 5.33. The Balaban J connectivity index is 1.83. The molecular formula is C12H16N4S2. The van der Waals surface area contributed by atoms with Crippen LogP contribution in [-0.4, -0.2) is 25.8 Å². The number of thiophene rings is 1. The van der Waals surface area contributed by atoms with Crippen LogP contribution in [-0.2, 0) is 20.1 Å². The Labute approximate surface area is 115 Å². The van der Waals surface area contributed by atoms with Crippen molar-refractivity contribution in [2.45, 2.75) is 26.1 Å². The average Bonchev–Trinajstić information content (AvgIpc) is 2.95. The molecule has 0 unspecified atom stereocenters. The van der Waals surface area contributed by atoms with Gasteiger partial charge in [-0.15, -0.1) is 11.3 Å². The largest absolute Gasteiger partial charge is 0.310 e. The predicted octanol–water partition coefficient (Wildman–Crippen LogP) is 2.59. The fourth-order valence-electron chi connectivity index (χ4n) is 2.44. The third-order valence-electron chi connectivity index (χ3n) is 3.61. The van der Waals surface area contributed by atoms with Crippen molar-refractivity contribution in [1.29, 1.82) is 0 Å². The van der Waals surface area contributed by atoms with Crippen LogP contribution in [0.2, 0.25) is 0 Å². The maximum Gasteiger partial charge on any atom is 0.198 e. The average molecular weight is 280 g/mol. The number of fused-ring (bicyclic) bond motifs is 1. The fourth-order valence-corrected chi connectivity index (χ4v) is 3.56. The Morgan fingerprint density at radius 3 is 3.11 bits per heavy atom. The number of hydrogen-bond acceptors (Lipinski definition) is 4. The van der Waals surface area contributed by atoms with E-state index in [4.69, 9.17) is 12.2 Å². The lowest BCUT2D eigenvalue weighted by Crippen LogP contribution is -2.35. The smallest absolute Gasteiger partial charge is 0.198 e. The quantitative estimate of drug-likeness (QED) is 0.791. The molecule has 1 aliphatic heterocycles. The Hall–Kier alpha value is -0.980. The van der Waals surface area contributed by atoms with Crippen LogP contribution >= 0.6 is 23.6 Å². The molecule has 2 aromatic heterocycles. The van der Waals surface area contributed by atoms with E-state index in [1.54, 1.807) is 6.33 Å². The van der Waals surface area contributed by atoms with E-state index in [0.717, 1.165) is 24.4 Å². The van der Waals surface area contributed by atoms with Crippen molar-refractivity contribution in [2.24, 2.45) is 7.05 Å². The van der Waals surface area contributed by atoms with Crippen LogP contribution in [0.5, 0.6) is 0 Å². The van der Waals surface area contributed by atoms with E-state index < -0.39 is 0 Å². The molecule has 18 heavy (non-hydrogen) atoms. The second-order valence-corrected chi connectivity index (χ2v) is 6.07. The minimum absolute atomic E-state index is 0.448. The standard InChI is InChI=1S/C12H16N4S2/c1-9-10-4-6-18-11(10)3-5-15(9)8-16-12(17)14(2)7-13-16/h4,6-7,9H,3,5,8H2,1-2H3/t9-/m0/s1. The first-order chi connectivity index (χ1) is 8.66.